The van der Waals surface area contributed by atoms with Crippen molar-refractivity contribution in [2.45, 2.75) is 64.8 Å². The molecule has 0 heterocycles. The van der Waals surface area contributed by atoms with Crippen molar-refractivity contribution >= 4 is 18.0 Å². The van der Waals surface area contributed by atoms with Crippen molar-refractivity contribution in [3.8, 4) is 0 Å². The van der Waals surface area contributed by atoms with Crippen LogP contribution in [0.3, 0.4) is 0 Å². The Bertz CT molecular complexity index is 466. The van der Waals surface area contributed by atoms with Crippen molar-refractivity contribution in [3.05, 3.63) is 0 Å². The lowest BCUT2D eigenvalue weighted by Crippen LogP contribution is -2.55. The molecular formula is C16H30N2O7. The molecule has 0 bridgehead atoms. The first-order valence-corrected chi connectivity index (χ1v) is 7.91. The van der Waals surface area contributed by atoms with Crippen LogP contribution in [0.15, 0.2) is 0 Å². The van der Waals surface area contributed by atoms with Gasteiger partial charge in [0.25, 0.3) is 0 Å². The maximum atomic E-state index is 12.4. The Morgan fingerprint density at radius 3 is 1.92 bits per heavy atom. The van der Waals surface area contributed by atoms with E-state index in [4.69, 9.17) is 9.47 Å². The highest BCUT2D eigenvalue weighted by Crippen LogP contribution is 2.09. The largest absolute Gasteiger partial charge is 0.467 e. The highest BCUT2D eigenvalue weighted by molar-refractivity contribution is 5.89. The van der Waals surface area contributed by atoms with Gasteiger partial charge in [0.2, 0.25) is 5.91 Å². The number of carbonyl (C=O) groups is 3. The van der Waals surface area contributed by atoms with Crippen molar-refractivity contribution in [2.75, 3.05) is 20.3 Å². The summed E-state index contributed by atoms with van der Waals surface area (Å²) < 4.78 is 15.1. The van der Waals surface area contributed by atoms with Crippen LogP contribution in [0.4, 0.5) is 4.79 Å². The van der Waals surface area contributed by atoms with Gasteiger partial charge in [0.15, 0.2) is 6.04 Å². The molecule has 0 saturated heterocycles. The number of aliphatic hydroxyl groups excluding tert-OH is 1. The highest BCUT2D eigenvalue weighted by Gasteiger charge is 2.29. The van der Waals surface area contributed by atoms with Gasteiger partial charge in [0, 0.05) is 0 Å². The van der Waals surface area contributed by atoms with Gasteiger partial charge in [-0.2, -0.15) is 0 Å². The third-order valence-electron chi connectivity index (χ3n) is 2.68. The Labute approximate surface area is 148 Å². The molecule has 0 unspecified atom stereocenters. The Balaban J connectivity index is 5.06. The summed E-state index contributed by atoms with van der Waals surface area (Å²) >= 11 is 0. The van der Waals surface area contributed by atoms with Crippen LogP contribution in [-0.2, 0) is 23.8 Å². The molecule has 0 spiro atoms. The maximum absolute atomic E-state index is 12.4. The Kier molecular flexibility index (Phi) is 8.86. The van der Waals surface area contributed by atoms with E-state index in [9.17, 15) is 19.5 Å². The van der Waals surface area contributed by atoms with E-state index in [0.29, 0.717) is 0 Å². The van der Waals surface area contributed by atoms with E-state index in [1.807, 2.05) is 0 Å². The lowest BCUT2D eigenvalue weighted by atomic mass is 10.2. The molecule has 9 nitrogen and oxygen atoms in total. The Morgan fingerprint density at radius 1 is 0.960 bits per heavy atom. The van der Waals surface area contributed by atoms with E-state index in [-0.39, 0.29) is 6.61 Å². The van der Waals surface area contributed by atoms with Gasteiger partial charge >= 0.3 is 12.1 Å². The third kappa shape index (κ3) is 10.6. The molecule has 0 fully saturated rings. The molecule has 0 aliphatic carbocycles. The minimum atomic E-state index is -1.24. The summed E-state index contributed by atoms with van der Waals surface area (Å²) in [5, 5.41) is 13.9. The molecular weight excluding hydrogens is 332 g/mol. The van der Waals surface area contributed by atoms with Crippen molar-refractivity contribution in [2.24, 2.45) is 0 Å². The average Bonchev–Trinajstić information content (AvgIpc) is 2.45. The number of methoxy groups -OCH3 is 1. The molecule has 9 heteroatoms. The second kappa shape index (κ2) is 9.57. The Morgan fingerprint density at radius 2 is 1.52 bits per heavy atom. The van der Waals surface area contributed by atoms with Crippen molar-refractivity contribution in [1.29, 1.82) is 0 Å². The van der Waals surface area contributed by atoms with Gasteiger partial charge in [0.1, 0.15) is 11.6 Å². The number of esters is 1. The lowest BCUT2D eigenvalue weighted by Gasteiger charge is -2.27. The summed E-state index contributed by atoms with van der Waals surface area (Å²) in [6.45, 7) is 9.65. The predicted molar refractivity (Wildman–Crippen MR) is 89.9 cm³/mol. The Hall–Kier alpha value is -1.87. The normalized spacial score (nSPS) is 14.2. The first-order chi connectivity index (χ1) is 11.3. The number of aliphatic hydroxyl groups is 1. The number of alkyl carbamates (subject to hydrolysis) is 1. The van der Waals surface area contributed by atoms with E-state index >= 15 is 0 Å². The SMILES string of the molecule is COC(=O)[C@H](CO)NC(=O)[C@H](COC(C)(C)C)NC(=O)OC(C)(C)C. The minimum Gasteiger partial charge on any atom is -0.467 e. The van der Waals surface area contributed by atoms with Gasteiger partial charge in [-0.1, -0.05) is 0 Å². The third-order valence-corrected chi connectivity index (χ3v) is 2.68. The van der Waals surface area contributed by atoms with E-state index in [2.05, 4.69) is 15.4 Å². The summed E-state index contributed by atoms with van der Waals surface area (Å²) in [6, 6.07) is -2.36. The quantitative estimate of drug-likeness (QED) is 0.558. The molecule has 3 N–H and O–H groups in total. The molecule has 0 aromatic carbocycles. The molecule has 0 aliphatic rings. The monoisotopic (exact) mass is 362 g/mol. The summed E-state index contributed by atoms with van der Waals surface area (Å²) in [5.74, 6) is -1.51. The molecule has 0 radical (unpaired) electrons. The molecule has 0 aromatic heterocycles. The number of hydrogen-bond acceptors (Lipinski definition) is 7. The van der Waals surface area contributed by atoms with Crippen molar-refractivity contribution in [1.82, 2.24) is 10.6 Å². The number of rotatable bonds is 7. The van der Waals surface area contributed by atoms with E-state index < -0.39 is 47.9 Å². The van der Waals surface area contributed by atoms with Crippen LogP contribution in [0.1, 0.15) is 41.5 Å². The van der Waals surface area contributed by atoms with Gasteiger partial charge in [-0.25, -0.2) is 9.59 Å². The molecule has 0 saturated carbocycles. The zero-order chi connectivity index (χ0) is 19.8. The zero-order valence-electron chi connectivity index (χ0n) is 16.0. The van der Waals surface area contributed by atoms with Crippen LogP contribution in [0.5, 0.6) is 0 Å². The topological polar surface area (TPSA) is 123 Å². The molecule has 2 atom stereocenters. The number of ether oxygens (including phenoxy) is 3. The van der Waals surface area contributed by atoms with Crippen LogP contribution < -0.4 is 10.6 Å². The average molecular weight is 362 g/mol. The highest BCUT2D eigenvalue weighted by atomic mass is 16.6. The molecule has 146 valence electrons. The first-order valence-electron chi connectivity index (χ1n) is 7.91. The first kappa shape index (κ1) is 23.1. The van der Waals surface area contributed by atoms with Crippen LogP contribution in [0.25, 0.3) is 0 Å². The van der Waals surface area contributed by atoms with Crippen LogP contribution in [0, 0.1) is 0 Å². The number of carbonyl (C=O) groups excluding carboxylic acids is 3. The molecule has 0 aromatic rings. The molecule has 0 rings (SSSR count). The van der Waals surface area contributed by atoms with Crippen LogP contribution >= 0.6 is 0 Å². The van der Waals surface area contributed by atoms with Gasteiger partial charge < -0.3 is 30.0 Å². The number of amides is 2. The van der Waals surface area contributed by atoms with Gasteiger partial charge in [0.05, 0.1) is 25.9 Å². The second-order valence-electron chi connectivity index (χ2n) is 7.39. The van der Waals surface area contributed by atoms with E-state index in [1.165, 1.54) is 0 Å². The summed E-state index contributed by atoms with van der Waals surface area (Å²) in [7, 11) is 1.14. The molecule has 0 aliphatic heterocycles. The molecule has 25 heavy (non-hydrogen) atoms. The standard InChI is InChI=1S/C16H30N2O7/c1-15(2,3)24-9-11(18-14(22)25-16(4,5)6)12(20)17-10(8-19)13(21)23-7/h10-11,19H,8-9H2,1-7H3,(H,17,20)(H,18,22)/t10-,11-/m0/s1. The molecule has 2 amide bonds. The minimum absolute atomic E-state index is 0.145. The summed E-state index contributed by atoms with van der Waals surface area (Å²) in [6.07, 6.45) is -0.802. The fraction of sp³-hybridized carbons (Fsp3) is 0.812. The van der Waals surface area contributed by atoms with E-state index in [0.717, 1.165) is 7.11 Å². The van der Waals surface area contributed by atoms with Crippen molar-refractivity contribution in [3.63, 3.8) is 0 Å². The number of nitrogens with one attached hydrogen (secondary N) is 2. The van der Waals surface area contributed by atoms with Gasteiger partial charge in [-0.3, -0.25) is 4.79 Å². The fourth-order valence-corrected chi connectivity index (χ4v) is 1.56. The summed E-state index contributed by atoms with van der Waals surface area (Å²) in [5.41, 5.74) is -1.29. The van der Waals surface area contributed by atoms with Crippen LogP contribution in [0.2, 0.25) is 0 Å². The fourth-order valence-electron chi connectivity index (χ4n) is 1.56. The number of hydrogen-bond donors (Lipinski definition) is 3. The lowest BCUT2D eigenvalue weighted by molar-refractivity contribution is -0.146. The predicted octanol–water partition coefficient (Wildman–Crippen LogP) is 0.345. The van der Waals surface area contributed by atoms with Gasteiger partial charge in [-0.05, 0) is 41.5 Å². The van der Waals surface area contributed by atoms with Crippen molar-refractivity contribution < 1.29 is 33.7 Å². The smallest absolute Gasteiger partial charge is 0.408 e. The summed E-state index contributed by atoms with van der Waals surface area (Å²) in [4.78, 5) is 35.8. The van der Waals surface area contributed by atoms with E-state index in [1.54, 1.807) is 41.5 Å². The second-order valence-corrected chi connectivity index (χ2v) is 7.39. The maximum Gasteiger partial charge on any atom is 0.408 e. The zero-order valence-corrected chi connectivity index (χ0v) is 16.0. The van der Waals surface area contributed by atoms with Crippen LogP contribution in [-0.4, -0.2) is 66.7 Å². The van der Waals surface area contributed by atoms with Gasteiger partial charge in [-0.15, -0.1) is 0 Å².